The summed E-state index contributed by atoms with van der Waals surface area (Å²) < 4.78 is 7.84. The van der Waals surface area contributed by atoms with Gasteiger partial charge in [0.15, 0.2) is 0 Å². The van der Waals surface area contributed by atoms with Gasteiger partial charge in [0.1, 0.15) is 23.7 Å². The Bertz CT molecular complexity index is 1220. The Morgan fingerprint density at radius 1 is 1.00 bits per heavy atom. The lowest BCUT2D eigenvalue weighted by molar-refractivity contribution is -0.116. The van der Waals surface area contributed by atoms with Gasteiger partial charge in [0.25, 0.3) is 0 Å². The van der Waals surface area contributed by atoms with Crippen LogP contribution in [0.1, 0.15) is 29.2 Å². The number of nitrogens with zero attached hydrogens (tertiary/aromatic N) is 4. The molecule has 4 rings (SSSR count). The summed E-state index contributed by atoms with van der Waals surface area (Å²) in [5, 5.41) is 2.92. The molecular weight excluding hydrogens is 402 g/mol. The number of aromatic nitrogens is 4. The molecule has 0 fully saturated rings. The van der Waals surface area contributed by atoms with Crippen LogP contribution in [-0.2, 0) is 11.2 Å². The monoisotopic (exact) mass is 427 g/mol. The minimum absolute atomic E-state index is 0.0235. The van der Waals surface area contributed by atoms with Gasteiger partial charge < -0.3 is 10.1 Å². The van der Waals surface area contributed by atoms with E-state index in [0.717, 1.165) is 22.6 Å². The van der Waals surface area contributed by atoms with Crippen LogP contribution in [-0.4, -0.2) is 25.4 Å². The molecule has 7 heteroatoms. The van der Waals surface area contributed by atoms with E-state index in [1.807, 2.05) is 67.8 Å². The molecule has 0 bridgehead atoms. The summed E-state index contributed by atoms with van der Waals surface area (Å²) in [4.78, 5) is 25.4. The van der Waals surface area contributed by atoms with Crippen LogP contribution in [0.3, 0.4) is 0 Å². The third-order valence-electron chi connectivity index (χ3n) is 5.14. The predicted molar refractivity (Wildman–Crippen MR) is 123 cm³/mol. The van der Waals surface area contributed by atoms with Crippen molar-refractivity contribution < 1.29 is 9.53 Å². The average Bonchev–Trinajstić information content (AvgIpc) is 3.12. The number of benzene rings is 2. The second kappa shape index (κ2) is 9.43. The number of anilines is 1. The first kappa shape index (κ1) is 21.2. The molecule has 7 nitrogen and oxygen atoms in total. The van der Waals surface area contributed by atoms with Crippen LogP contribution in [0.15, 0.2) is 67.0 Å². The first-order valence-electron chi connectivity index (χ1n) is 10.5. The summed E-state index contributed by atoms with van der Waals surface area (Å²) >= 11 is 0. The minimum Gasteiger partial charge on any atom is -0.439 e. The molecule has 162 valence electrons. The number of carbonyl (C=O) groups excluding carboxylic acids is 1. The first-order valence-corrected chi connectivity index (χ1v) is 10.5. The van der Waals surface area contributed by atoms with E-state index in [1.54, 1.807) is 24.5 Å². The van der Waals surface area contributed by atoms with Crippen molar-refractivity contribution in [2.24, 2.45) is 0 Å². The molecule has 32 heavy (non-hydrogen) atoms. The summed E-state index contributed by atoms with van der Waals surface area (Å²) in [6.07, 6.45) is 2.88. The molecule has 0 aliphatic heterocycles. The van der Waals surface area contributed by atoms with E-state index in [4.69, 9.17) is 4.74 Å². The lowest BCUT2D eigenvalue weighted by Crippen LogP contribution is -2.12. The van der Waals surface area contributed by atoms with Gasteiger partial charge in [0, 0.05) is 23.9 Å². The fraction of sp³-hybridized carbons (Fsp3) is 0.200. The van der Waals surface area contributed by atoms with E-state index in [1.165, 1.54) is 0 Å². The molecule has 0 saturated carbocycles. The summed E-state index contributed by atoms with van der Waals surface area (Å²) in [5.41, 5.74) is 3.83. The van der Waals surface area contributed by atoms with Gasteiger partial charge in [0.2, 0.25) is 11.8 Å². The fourth-order valence-corrected chi connectivity index (χ4v) is 3.28. The second-order valence-corrected chi connectivity index (χ2v) is 7.56. The van der Waals surface area contributed by atoms with Gasteiger partial charge in [-0.05, 0) is 57.0 Å². The lowest BCUT2D eigenvalue weighted by atomic mass is 10.1. The van der Waals surface area contributed by atoms with Crippen molar-refractivity contribution in [2.45, 2.75) is 33.6 Å². The lowest BCUT2D eigenvalue weighted by Gasteiger charge is -2.10. The molecule has 1 N–H and O–H groups in total. The van der Waals surface area contributed by atoms with Gasteiger partial charge in [-0.15, -0.1) is 0 Å². The van der Waals surface area contributed by atoms with Crippen molar-refractivity contribution in [3.63, 3.8) is 0 Å². The topological polar surface area (TPSA) is 81.9 Å². The molecule has 2 heterocycles. The summed E-state index contributed by atoms with van der Waals surface area (Å²) in [6.45, 7) is 5.77. The van der Waals surface area contributed by atoms with E-state index in [2.05, 4.69) is 20.3 Å². The van der Waals surface area contributed by atoms with Gasteiger partial charge in [-0.1, -0.05) is 30.3 Å². The summed E-state index contributed by atoms with van der Waals surface area (Å²) in [7, 11) is 0. The minimum atomic E-state index is -0.0235. The Hall–Kier alpha value is -4.00. The summed E-state index contributed by atoms with van der Waals surface area (Å²) in [5.74, 6) is 2.34. The van der Waals surface area contributed by atoms with Crippen LogP contribution in [0.4, 0.5) is 5.69 Å². The highest BCUT2D eigenvalue weighted by molar-refractivity contribution is 5.90. The van der Waals surface area contributed by atoms with Crippen molar-refractivity contribution in [2.75, 3.05) is 5.32 Å². The first-order chi connectivity index (χ1) is 15.5. The molecule has 2 aromatic heterocycles. The number of nitrogens with one attached hydrogen (secondary N) is 1. The van der Waals surface area contributed by atoms with Crippen molar-refractivity contribution in [1.29, 1.82) is 0 Å². The molecule has 0 aliphatic carbocycles. The van der Waals surface area contributed by atoms with Crippen LogP contribution < -0.4 is 10.1 Å². The Morgan fingerprint density at radius 2 is 1.75 bits per heavy atom. The Labute approximate surface area is 187 Å². The van der Waals surface area contributed by atoms with Gasteiger partial charge in [-0.3, -0.25) is 9.36 Å². The standard InChI is InChI=1S/C25H25N5O2/c1-17-18(2)30(16-26-17)23-15-25(28-19(3)27-23)32-22-12-10-21(11-13-22)29-24(31)14-9-20-7-5-4-6-8-20/h4-8,10-13,15-16H,9,14H2,1-3H3,(H,29,31). The highest BCUT2D eigenvalue weighted by Crippen LogP contribution is 2.24. The molecule has 0 aliphatic rings. The maximum absolute atomic E-state index is 12.2. The van der Waals surface area contributed by atoms with Gasteiger partial charge in [-0.2, -0.15) is 4.98 Å². The normalized spacial score (nSPS) is 10.7. The maximum Gasteiger partial charge on any atom is 0.224 e. The van der Waals surface area contributed by atoms with Gasteiger partial charge >= 0.3 is 0 Å². The fourth-order valence-electron chi connectivity index (χ4n) is 3.28. The smallest absolute Gasteiger partial charge is 0.224 e. The zero-order chi connectivity index (χ0) is 22.5. The SMILES string of the molecule is Cc1nc(Oc2ccc(NC(=O)CCc3ccccc3)cc2)cc(-n2cnc(C)c2C)n1. The van der Waals surface area contributed by atoms with Crippen molar-refractivity contribution in [3.05, 3.63) is 89.8 Å². The molecule has 4 aromatic rings. The van der Waals surface area contributed by atoms with Crippen LogP contribution in [0.5, 0.6) is 11.6 Å². The Kier molecular flexibility index (Phi) is 6.26. The summed E-state index contributed by atoms with van der Waals surface area (Å²) in [6, 6.07) is 19.0. The molecule has 0 radical (unpaired) electrons. The molecule has 1 amide bonds. The number of carbonyl (C=O) groups is 1. The Balaban J connectivity index is 1.39. The number of aryl methyl sites for hydroxylation is 3. The number of hydrogen-bond acceptors (Lipinski definition) is 5. The van der Waals surface area contributed by atoms with E-state index in [-0.39, 0.29) is 5.91 Å². The molecule has 2 aromatic carbocycles. The zero-order valence-electron chi connectivity index (χ0n) is 18.4. The maximum atomic E-state index is 12.2. The quantitative estimate of drug-likeness (QED) is 0.451. The molecular formula is C25H25N5O2. The van der Waals surface area contributed by atoms with Gasteiger partial charge in [0.05, 0.1) is 5.69 Å². The predicted octanol–water partition coefficient (Wildman–Crippen LogP) is 4.95. The van der Waals surface area contributed by atoms with E-state index in [0.29, 0.717) is 36.1 Å². The largest absolute Gasteiger partial charge is 0.439 e. The van der Waals surface area contributed by atoms with E-state index in [9.17, 15) is 4.79 Å². The highest BCUT2D eigenvalue weighted by atomic mass is 16.5. The molecule has 0 atom stereocenters. The molecule has 0 unspecified atom stereocenters. The van der Waals surface area contributed by atoms with Crippen molar-refractivity contribution in [3.8, 4) is 17.4 Å². The van der Waals surface area contributed by atoms with Crippen LogP contribution in [0.25, 0.3) is 5.82 Å². The highest BCUT2D eigenvalue weighted by Gasteiger charge is 2.10. The number of rotatable bonds is 7. The van der Waals surface area contributed by atoms with Crippen LogP contribution in [0, 0.1) is 20.8 Å². The van der Waals surface area contributed by atoms with Crippen LogP contribution >= 0.6 is 0 Å². The number of ether oxygens (including phenoxy) is 1. The third-order valence-corrected chi connectivity index (χ3v) is 5.14. The average molecular weight is 428 g/mol. The zero-order valence-corrected chi connectivity index (χ0v) is 18.4. The van der Waals surface area contributed by atoms with E-state index < -0.39 is 0 Å². The van der Waals surface area contributed by atoms with Crippen molar-refractivity contribution in [1.82, 2.24) is 19.5 Å². The molecule has 0 spiro atoms. The number of imidazole rings is 1. The van der Waals surface area contributed by atoms with Gasteiger partial charge in [-0.25, -0.2) is 9.97 Å². The second-order valence-electron chi connectivity index (χ2n) is 7.56. The van der Waals surface area contributed by atoms with Crippen molar-refractivity contribution >= 4 is 11.6 Å². The third kappa shape index (κ3) is 5.18. The number of hydrogen-bond donors (Lipinski definition) is 1. The number of amides is 1. The van der Waals surface area contributed by atoms with E-state index >= 15 is 0 Å². The molecule has 0 saturated heterocycles. The Morgan fingerprint density at radius 3 is 2.44 bits per heavy atom. The van der Waals surface area contributed by atoms with Crippen LogP contribution in [0.2, 0.25) is 0 Å².